The van der Waals surface area contributed by atoms with Crippen LogP contribution in [0.5, 0.6) is 0 Å². The Morgan fingerprint density at radius 2 is 1.58 bits per heavy atom. The Labute approximate surface area is 190 Å². The van der Waals surface area contributed by atoms with E-state index in [1.54, 1.807) is 5.57 Å². The van der Waals surface area contributed by atoms with E-state index in [0.29, 0.717) is 29.5 Å². The van der Waals surface area contributed by atoms with Crippen LogP contribution in [0.3, 0.4) is 0 Å². The lowest BCUT2D eigenvalue weighted by molar-refractivity contribution is -0.195. The molecule has 0 aromatic carbocycles. The third-order valence-corrected chi connectivity index (χ3v) is 11.7. The number of rotatable bonds is 0. The van der Waals surface area contributed by atoms with E-state index < -0.39 is 0 Å². The Balaban J connectivity index is 1.62. The molecule has 6 atom stereocenters. The molecule has 2 saturated carbocycles. The molecule has 5 rings (SSSR count). The molecule has 0 aliphatic heterocycles. The minimum atomic E-state index is -0.186. The number of carbonyl (C=O) groups is 1. The number of carbonyl (C=O) groups excluding carboxylic acids is 1. The van der Waals surface area contributed by atoms with E-state index in [-0.39, 0.29) is 27.8 Å². The third kappa shape index (κ3) is 2.69. The number of Topliss-reactive ketones (excluding diaryl/α,β-unsaturated/α-hetero) is 1. The van der Waals surface area contributed by atoms with Crippen LogP contribution < -0.4 is 0 Å². The quantitative estimate of drug-likeness (QED) is 0.453. The Morgan fingerprint density at radius 1 is 0.871 bits per heavy atom. The zero-order valence-electron chi connectivity index (χ0n) is 21.0. The molecule has 0 spiro atoms. The minimum Gasteiger partial charge on any atom is -0.393 e. The van der Waals surface area contributed by atoms with Crippen molar-refractivity contribution >= 4 is 5.78 Å². The number of allylic oxidation sites excluding steroid dienone is 4. The lowest BCUT2D eigenvalue weighted by Gasteiger charge is -2.69. The number of hydrogen-bond acceptors (Lipinski definition) is 2. The van der Waals surface area contributed by atoms with Crippen LogP contribution in [-0.4, -0.2) is 17.0 Å². The number of ketones is 1. The Kier molecular flexibility index (Phi) is 4.50. The van der Waals surface area contributed by atoms with Gasteiger partial charge < -0.3 is 5.11 Å². The standard InChI is InChI=1S/C29H44O2/c1-25(2)13-10-18-19(16-25)20-8-9-23-27(5)14-12-24(31)26(3,4)22(27)11-15-28(23,6)29(20,7)17-21(18)30/h8,22-24,31H,9-17H2,1-7H3/t22?,23?,24?,27?,28?,29-/m1/s1. The summed E-state index contributed by atoms with van der Waals surface area (Å²) in [5.41, 5.74) is 4.77. The van der Waals surface area contributed by atoms with Gasteiger partial charge in [-0.25, -0.2) is 0 Å². The van der Waals surface area contributed by atoms with Gasteiger partial charge in [0.05, 0.1) is 6.10 Å². The van der Waals surface area contributed by atoms with Crippen LogP contribution >= 0.6 is 0 Å². The van der Waals surface area contributed by atoms with Gasteiger partial charge in [-0.05, 0) is 102 Å². The van der Waals surface area contributed by atoms with Crippen molar-refractivity contribution in [2.24, 2.45) is 38.9 Å². The summed E-state index contributed by atoms with van der Waals surface area (Å²) in [5, 5.41) is 10.8. The molecule has 1 N–H and O–H groups in total. The first-order valence-corrected chi connectivity index (χ1v) is 12.9. The van der Waals surface area contributed by atoms with Crippen molar-refractivity contribution in [1.29, 1.82) is 0 Å². The van der Waals surface area contributed by atoms with Gasteiger partial charge in [-0.2, -0.15) is 0 Å². The van der Waals surface area contributed by atoms with Gasteiger partial charge in [0.1, 0.15) is 0 Å². The van der Waals surface area contributed by atoms with Gasteiger partial charge in [-0.1, -0.05) is 54.5 Å². The molecule has 172 valence electrons. The summed E-state index contributed by atoms with van der Waals surface area (Å²) in [7, 11) is 0. The summed E-state index contributed by atoms with van der Waals surface area (Å²) >= 11 is 0. The maximum absolute atomic E-state index is 13.5. The molecule has 0 radical (unpaired) electrons. The highest BCUT2D eigenvalue weighted by Crippen LogP contribution is 2.73. The second kappa shape index (κ2) is 6.37. The largest absolute Gasteiger partial charge is 0.393 e. The molecule has 2 fully saturated rings. The van der Waals surface area contributed by atoms with E-state index in [1.165, 1.54) is 24.0 Å². The molecule has 0 heterocycles. The minimum absolute atomic E-state index is 0.0231. The zero-order valence-corrected chi connectivity index (χ0v) is 21.0. The van der Waals surface area contributed by atoms with E-state index in [0.717, 1.165) is 38.5 Å². The van der Waals surface area contributed by atoms with Crippen molar-refractivity contribution in [3.63, 3.8) is 0 Å². The van der Waals surface area contributed by atoms with Gasteiger partial charge in [-0.3, -0.25) is 4.79 Å². The highest BCUT2D eigenvalue weighted by molar-refractivity contribution is 5.99. The van der Waals surface area contributed by atoms with Crippen molar-refractivity contribution in [2.45, 2.75) is 112 Å². The molecule has 2 heteroatoms. The molecule has 5 aliphatic carbocycles. The summed E-state index contributed by atoms with van der Waals surface area (Å²) in [6.07, 6.45) is 11.8. The first kappa shape index (κ1) is 21.9. The maximum Gasteiger partial charge on any atom is 0.160 e. The Bertz CT molecular complexity index is 888. The van der Waals surface area contributed by atoms with Gasteiger partial charge >= 0.3 is 0 Å². The van der Waals surface area contributed by atoms with E-state index in [9.17, 15) is 9.90 Å². The summed E-state index contributed by atoms with van der Waals surface area (Å²) in [6, 6.07) is 0. The summed E-state index contributed by atoms with van der Waals surface area (Å²) in [6.45, 7) is 16.9. The number of aliphatic hydroxyl groups is 1. The first-order valence-electron chi connectivity index (χ1n) is 12.9. The van der Waals surface area contributed by atoms with E-state index in [1.807, 2.05) is 0 Å². The maximum atomic E-state index is 13.5. The molecule has 0 aromatic heterocycles. The summed E-state index contributed by atoms with van der Waals surface area (Å²) in [4.78, 5) is 13.5. The van der Waals surface area contributed by atoms with Gasteiger partial charge in [-0.15, -0.1) is 0 Å². The van der Waals surface area contributed by atoms with Gasteiger partial charge in [0, 0.05) is 11.8 Å². The number of aliphatic hydroxyl groups excluding tert-OH is 1. The van der Waals surface area contributed by atoms with Crippen LogP contribution in [0, 0.1) is 38.9 Å². The van der Waals surface area contributed by atoms with Gasteiger partial charge in [0.15, 0.2) is 5.78 Å². The van der Waals surface area contributed by atoms with E-state index >= 15 is 0 Å². The van der Waals surface area contributed by atoms with Crippen LogP contribution in [0.1, 0.15) is 106 Å². The lowest BCUT2D eigenvalue weighted by Crippen LogP contribution is -2.63. The number of hydrogen-bond donors (Lipinski definition) is 1. The van der Waals surface area contributed by atoms with Crippen LogP contribution in [-0.2, 0) is 4.79 Å². The summed E-state index contributed by atoms with van der Waals surface area (Å²) < 4.78 is 0. The van der Waals surface area contributed by atoms with E-state index in [2.05, 4.69) is 54.5 Å². The van der Waals surface area contributed by atoms with Crippen LogP contribution in [0.15, 0.2) is 22.8 Å². The molecule has 5 aliphatic rings. The van der Waals surface area contributed by atoms with Crippen LogP contribution in [0.2, 0.25) is 0 Å². The molecule has 0 aromatic rings. The second-order valence-electron chi connectivity index (χ2n) is 14.0. The monoisotopic (exact) mass is 424 g/mol. The van der Waals surface area contributed by atoms with Crippen molar-refractivity contribution in [3.8, 4) is 0 Å². The fourth-order valence-electron chi connectivity index (χ4n) is 9.53. The second-order valence-corrected chi connectivity index (χ2v) is 14.0. The van der Waals surface area contributed by atoms with Crippen molar-refractivity contribution in [1.82, 2.24) is 0 Å². The molecule has 2 nitrogen and oxygen atoms in total. The molecule has 0 bridgehead atoms. The highest BCUT2D eigenvalue weighted by atomic mass is 16.3. The van der Waals surface area contributed by atoms with Crippen LogP contribution in [0.25, 0.3) is 0 Å². The average molecular weight is 425 g/mol. The predicted octanol–water partition coefficient (Wildman–Crippen LogP) is 7.02. The predicted molar refractivity (Wildman–Crippen MR) is 127 cm³/mol. The fraction of sp³-hybridized carbons (Fsp3) is 0.828. The molecule has 0 amide bonds. The van der Waals surface area contributed by atoms with Gasteiger partial charge in [0.2, 0.25) is 0 Å². The lowest BCUT2D eigenvalue weighted by atomic mass is 9.35. The summed E-state index contributed by atoms with van der Waals surface area (Å²) in [5.74, 6) is 1.59. The Morgan fingerprint density at radius 3 is 2.29 bits per heavy atom. The van der Waals surface area contributed by atoms with E-state index in [4.69, 9.17) is 0 Å². The molecular formula is C29H44O2. The van der Waals surface area contributed by atoms with Crippen molar-refractivity contribution in [3.05, 3.63) is 22.8 Å². The molecule has 0 saturated heterocycles. The SMILES string of the molecule is CC1(C)CCC2=C(C1)C1=CCC3C4(C)CCC(O)C(C)(C)C4CCC3(C)[C@]1(C)CC2=O. The highest BCUT2D eigenvalue weighted by Gasteiger charge is 2.66. The molecule has 31 heavy (non-hydrogen) atoms. The topological polar surface area (TPSA) is 37.3 Å². The molecular weight excluding hydrogens is 380 g/mol. The third-order valence-electron chi connectivity index (χ3n) is 11.7. The van der Waals surface area contributed by atoms with Crippen LogP contribution in [0.4, 0.5) is 0 Å². The van der Waals surface area contributed by atoms with Crippen molar-refractivity contribution < 1.29 is 9.90 Å². The van der Waals surface area contributed by atoms with Crippen molar-refractivity contribution in [2.75, 3.05) is 0 Å². The average Bonchev–Trinajstić information content (AvgIpc) is 2.65. The molecule has 5 unspecified atom stereocenters. The zero-order chi connectivity index (χ0) is 22.6. The number of fused-ring (bicyclic) bond motifs is 6. The Hall–Kier alpha value is -0.890. The normalized spacial score (nSPS) is 48.2. The smallest absolute Gasteiger partial charge is 0.160 e. The van der Waals surface area contributed by atoms with Gasteiger partial charge in [0.25, 0.3) is 0 Å². The first-order chi connectivity index (χ1) is 14.3. The fourth-order valence-corrected chi connectivity index (χ4v) is 9.53.